The fourth-order valence-corrected chi connectivity index (χ4v) is 7.22. The summed E-state index contributed by atoms with van der Waals surface area (Å²) in [6.45, 7) is 0. The van der Waals surface area contributed by atoms with Crippen LogP contribution in [0.3, 0.4) is 0 Å². The van der Waals surface area contributed by atoms with E-state index in [0.717, 1.165) is 39.2 Å². The van der Waals surface area contributed by atoms with Crippen molar-refractivity contribution in [3.8, 4) is 34.5 Å². The third kappa shape index (κ3) is 3.63. The minimum Gasteiger partial charge on any atom is -0.292 e. The van der Waals surface area contributed by atoms with Gasteiger partial charge in [0, 0.05) is 33.5 Å². The fraction of sp³-hybridized carbons (Fsp3) is 0.0769. The molecule has 2 aliphatic carbocycles. The first-order valence-corrected chi connectivity index (χ1v) is 15.4. The first-order valence-electron chi connectivity index (χ1n) is 15.4. The Bertz CT molecular complexity index is 2400. The smallest absolute Gasteiger partial charge is 0.238 e. The van der Waals surface area contributed by atoms with Gasteiger partial charge in [0.1, 0.15) is 5.82 Å². The number of aromatic nitrogens is 6. The zero-order valence-electron chi connectivity index (χ0n) is 24.2. The van der Waals surface area contributed by atoms with Crippen molar-refractivity contribution < 1.29 is 0 Å². The molecule has 0 saturated heterocycles. The van der Waals surface area contributed by atoms with Gasteiger partial charge in [-0.15, -0.1) is 0 Å². The lowest BCUT2D eigenvalue weighted by Gasteiger charge is -2.14. The molecule has 1 saturated carbocycles. The minimum atomic E-state index is 0.503. The largest absolute Gasteiger partial charge is 0.292 e. The highest BCUT2D eigenvalue weighted by molar-refractivity contribution is 6.19. The molecule has 2 atom stereocenters. The molecule has 10 rings (SSSR count). The van der Waals surface area contributed by atoms with Crippen molar-refractivity contribution in [2.24, 2.45) is 5.92 Å². The number of rotatable bonds is 4. The van der Waals surface area contributed by atoms with Gasteiger partial charge < -0.3 is 0 Å². The molecule has 0 bridgehead atoms. The van der Waals surface area contributed by atoms with Crippen LogP contribution in [0.5, 0.6) is 0 Å². The van der Waals surface area contributed by atoms with Crippen LogP contribution in [0.2, 0.25) is 0 Å². The first kappa shape index (κ1) is 24.6. The highest BCUT2D eigenvalue weighted by Crippen LogP contribution is 2.56. The average molecular weight is 579 g/mol. The van der Waals surface area contributed by atoms with Gasteiger partial charge in [-0.05, 0) is 48.1 Å². The summed E-state index contributed by atoms with van der Waals surface area (Å²) in [5, 5.41) is 3.62. The summed E-state index contributed by atoms with van der Waals surface area (Å²) in [7, 11) is 0. The lowest BCUT2D eigenvalue weighted by Crippen LogP contribution is -2.09. The molecule has 0 aliphatic heterocycles. The van der Waals surface area contributed by atoms with Gasteiger partial charge in [0.05, 0.1) is 22.2 Å². The molecule has 6 nitrogen and oxygen atoms in total. The normalized spacial score (nSPS) is 16.7. The van der Waals surface area contributed by atoms with Crippen molar-refractivity contribution in [3.63, 3.8) is 0 Å². The lowest BCUT2D eigenvalue weighted by molar-refractivity contribution is 0.905. The molecule has 1 fully saturated rings. The molecule has 6 heteroatoms. The van der Waals surface area contributed by atoms with E-state index in [1.54, 1.807) is 0 Å². The molecule has 0 radical (unpaired) electrons. The average Bonchev–Trinajstić information content (AvgIpc) is 3.72. The van der Waals surface area contributed by atoms with Crippen LogP contribution in [-0.2, 0) is 0 Å². The second kappa shape index (κ2) is 9.31. The number of pyridine rings is 1. The fourth-order valence-electron chi connectivity index (χ4n) is 7.22. The van der Waals surface area contributed by atoms with Crippen LogP contribution in [0, 0.1) is 5.92 Å². The van der Waals surface area contributed by atoms with Gasteiger partial charge in [0.25, 0.3) is 0 Å². The molecule has 0 amide bonds. The minimum absolute atomic E-state index is 0.503. The quantitative estimate of drug-likeness (QED) is 0.209. The number of benzene rings is 4. The van der Waals surface area contributed by atoms with Crippen molar-refractivity contribution >= 4 is 38.8 Å². The number of allylic oxidation sites excluding steroid dienone is 1. The Balaban J connectivity index is 1.38. The van der Waals surface area contributed by atoms with E-state index in [4.69, 9.17) is 19.9 Å². The molecule has 4 heterocycles. The van der Waals surface area contributed by atoms with Crippen LogP contribution >= 0.6 is 0 Å². The predicted molar refractivity (Wildman–Crippen MR) is 180 cm³/mol. The standard InChI is InChI=1S/C39H26N6/c1-3-11-24(12-4-1)37-41-38(25-13-5-2-6-14-25)43-39(42-37)45-32-21-18-26-23-30(26)34(32)29-20-19-28-27-15-7-8-16-31(27)44(35(28)36(29)45)33-17-9-10-22-40-33/h1-22,26,30H,23H2. The Morgan fingerprint density at radius 3 is 1.98 bits per heavy atom. The first-order chi connectivity index (χ1) is 22.3. The maximum Gasteiger partial charge on any atom is 0.238 e. The summed E-state index contributed by atoms with van der Waals surface area (Å²) < 4.78 is 4.59. The maximum atomic E-state index is 5.21. The van der Waals surface area contributed by atoms with E-state index in [0.29, 0.717) is 29.4 Å². The molecule has 2 unspecified atom stereocenters. The van der Waals surface area contributed by atoms with Crippen LogP contribution in [0.1, 0.15) is 23.6 Å². The van der Waals surface area contributed by atoms with E-state index in [-0.39, 0.29) is 0 Å². The summed E-state index contributed by atoms with van der Waals surface area (Å²) in [4.78, 5) is 20.3. The van der Waals surface area contributed by atoms with Gasteiger partial charge in [-0.1, -0.05) is 103 Å². The molecular formula is C39H26N6. The topological polar surface area (TPSA) is 61.4 Å². The summed E-state index contributed by atoms with van der Waals surface area (Å²) in [5.74, 6) is 3.89. The van der Waals surface area contributed by atoms with Gasteiger partial charge in [-0.2, -0.15) is 9.97 Å². The second-order valence-electron chi connectivity index (χ2n) is 11.9. The van der Waals surface area contributed by atoms with Crippen molar-refractivity contribution in [1.29, 1.82) is 0 Å². The van der Waals surface area contributed by atoms with Gasteiger partial charge in [0.2, 0.25) is 5.95 Å². The van der Waals surface area contributed by atoms with Gasteiger partial charge in [-0.3, -0.25) is 9.13 Å². The number of hydrogen-bond donors (Lipinski definition) is 0. The molecule has 2 aliphatic rings. The number of para-hydroxylation sites is 1. The van der Waals surface area contributed by atoms with E-state index in [1.807, 2.05) is 48.7 Å². The third-order valence-corrected chi connectivity index (χ3v) is 9.32. The van der Waals surface area contributed by atoms with E-state index in [9.17, 15) is 0 Å². The SMILES string of the molecule is C1=CC2CC2c2c1n(-c1nc(-c3ccccc3)nc(-c3ccccc3)n1)c1c2ccc2c3ccccc3n(-c3ccccn3)c21. The molecule has 0 spiro atoms. The Hall–Kier alpha value is -5.88. The van der Waals surface area contributed by atoms with E-state index in [2.05, 4.69) is 94.1 Å². The van der Waals surface area contributed by atoms with Crippen LogP contribution in [0.15, 0.2) is 128 Å². The second-order valence-corrected chi connectivity index (χ2v) is 11.9. The molecule has 4 aromatic heterocycles. The van der Waals surface area contributed by atoms with E-state index >= 15 is 0 Å². The van der Waals surface area contributed by atoms with Crippen molar-refractivity contribution in [3.05, 3.63) is 139 Å². The number of nitrogens with zero attached hydrogens (tertiary/aromatic N) is 6. The van der Waals surface area contributed by atoms with Crippen molar-refractivity contribution in [2.45, 2.75) is 12.3 Å². The van der Waals surface area contributed by atoms with Crippen LogP contribution in [0.4, 0.5) is 0 Å². The van der Waals surface area contributed by atoms with Crippen molar-refractivity contribution in [1.82, 2.24) is 29.1 Å². The monoisotopic (exact) mass is 578 g/mol. The third-order valence-electron chi connectivity index (χ3n) is 9.32. The molecule has 212 valence electrons. The predicted octanol–water partition coefficient (Wildman–Crippen LogP) is 8.77. The molecule has 8 aromatic rings. The summed E-state index contributed by atoms with van der Waals surface area (Å²) >= 11 is 0. The Labute approximate surface area is 259 Å². The Morgan fingerprint density at radius 1 is 0.578 bits per heavy atom. The Morgan fingerprint density at radius 2 is 1.24 bits per heavy atom. The van der Waals surface area contributed by atoms with E-state index < -0.39 is 0 Å². The van der Waals surface area contributed by atoms with Gasteiger partial charge in [0.15, 0.2) is 11.6 Å². The van der Waals surface area contributed by atoms with E-state index in [1.165, 1.54) is 28.1 Å². The van der Waals surface area contributed by atoms with Gasteiger partial charge in [-0.25, -0.2) is 9.97 Å². The van der Waals surface area contributed by atoms with Crippen molar-refractivity contribution in [2.75, 3.05) is 0 Å². The van der Waals surface area contributed by atoms with Gasteiger partial charge >= 0.3 is 0 Å². The highest BCUT2D eigenvalue weighted by atomic mass is 15.2. The summed E-state index contributed by atoms with van der Waals surface area (Å²) in [6, 6.07) is 39.7. The zero-order chi connectivity index (χ0) is 29.5. The van der Waals surface area contributed by atoms with Crippen LogP contribution < -0.4 is 0 Å². The number of hydrogen-bond acceptors (Lipinski definition) is 4. The molecule has 4 aromatic carbocycles. The molecule has 45 heavy (non-hydrogen) atoms. The van der Waals surface area contributed by atoms with Crippen LogP contribution in [0.25, 0.3) is 73.3 Å². The molecular weight excluding hydrogens is 552 g/mol. The summed E-state index contributed by atoms with van der Waals surface area (Å²) in [6.07, 6.45) is 7.69. The number of fused-ring (bicyclic) bond motifs is 9. The summed E-state index contributed by atoms with van der Waals surface area (Å²) in [5.41, 5.74) is 7.77. The molecule has 0 N–H and O–H groups in total. The Kier molecular flexibility index (Phi) is 5.08. The maximum absolute atomic E-state index is 5.21. The highest BCUT2D eigenvalue weighted by Gasteiger charge is 2.43. The lowest BCUT2D eigenvalue weighted by atomic mass is 9.99. The van der Waals surface area contributed by atoms with Crippen LogP contribution in [-0.4, -0.2) is 29.1 Å². The zero-order valence-corrected chi connectivity index (χ0v) is 24.2.